The summed E-state index contributed by atoms with van der Waals surface area (Å²) in [7, 11) is 2.00. The van der Waals surface area contributed by atoms with Crippen LogP contribution >= 0.6 is 0 Å². The molecule has 3 amide bonds. The maximum atomic E-state index is 14.2. The van der Waals surface area contributed by atoms with Crippen LogP contribution in [0.2, 0.25) is 0 Å². The fraction of sp³-hybridized carbons (Fsp3) is 0.293. The van der Waals surface area contributed by atoms with Crippen molar-refractivity contribution in [2.45, 2.75) is 51.1 Å². The average Bonchev–Trinajstić information content (AvgIpc) is 3.78. The number of imidazole rings is 1. The monoisotopic (exact) mass is 709 g/mol. The van der Waals surface area contributed by atoms with Gasteiger partial charge in [-0.3, -0.25) is 4.79 Å². The Bertz CT molecular complexity index is 2270. The van der Waals surface area contributed by atoms with Crippen LogP contribution in [-0.2, 0) is 36.3 Å². The number of ether oxygens (including phenoxy) is 2. The van der Waals surface area contributed by atoms with E-state index >= 15 is 0 Å². The van der Waals surface area contributed by atoms with Gasteiger partial charge in [0.15, 0.2) is 5.82 Å². The minimum absolute atomic E-state index is 0.0486. The number of aryl methyl sites for hydroxylation is 1. The lowest BCUT2D eigenvalue weighted by Crippen LogP contribution is -2.50. The van der Waals surface area contributed by atoms with Gasteiger partial charge in [0, 0.05) is 43.8 Å². The molecule has 268 valence electrons. The Labute approximate surface area is 306 Å². The van der Waals surface area contributed by atoms with E-state index in [1.54, 1.807) is 4.90 Å². The van der Waals surface area contributed by atoms with Gasteiger partial charge in [-0.05, 0) is 72.7 Å². The molecule has 3 aromatic carbocycles. The molecule has 12 nitrogen and oxygen atoms in total. The quantitative estimate of drug-likeness (QED) is 0.171. The molecule has 2 unspecified atom stereocenters. The first-order chi connectivity index (χ1) is 25.9. The summed E-state index contributed by atoms with van der Waals surface area (Å²) in [6, 6.07) is 29.6. The van der Waals surface area contributed by atoms with Crippen molar-refractivity contribution >= 4 is 40.2 Å². The Morgan fingerprint density at radius 1 is 0.774 bits per heavy atom. The van der Waals surface area contributed by atoms with Crippen molar-refractivity contribution in [1.82, 2.24) is 34.0 Å². The Morgan fingerprint density at radius 2 is 1.42 bits per heavy atom. The van der Waals surface area contributed by atoms with Crippen LogP contribution in [0, 0.1) is 5.92 Å². The summed E-state index contributed by atoms with van der Waals surface area (Å²) >= 11 is 0. The van der Waals surface area contributed by atoms with Crippen LogP contribution in [0.5, 0.6) is 0 Å². The molecule has 1 saturated carbocycles. The summed E-state index contributed by atoms with van der Waals surface area (Å²) in [4.78, 5) is 53.0. The Hall–Kier alpha value is -6.17. The summed E-state index contributed by atoms with van der Waals surface area (Å²) < 4.78 is 15.8. The van der Waals surface area contributed by atoms with E-state index in [2.05, 4.69) is 26.3 Å². The van der Waals surface area contributed by atoms with Crippen molar-refractivity contribution in [2.75, 3.05) is 13.1 Å². The normalized spacial score (nSPS) is 18.2. The lowest BCUT2D eigenvalue weighted by atomic mass is 10.0. The van der Waals surface area contributed by atoms with E-state index in [4.69, 9.17) is 14.5 Å². The molecule has 0 spiro atoms. The van der Waals surface area contributed by atoms with Crippen LogP contribution in [0.4, 0.5) is 9.59 Å². The van der Waals surface area contributed by atoms with Gasteiger partial charge in [-0.2, -0.15) is 0 Å². The largest absolute Gasteiger partial charge is 0.443 e. The van der Waals surface area contributed by atoms with Crippen LogP contribution < -0.4 is 0 Å². The van der Waals surface area contributed by atoms with Crippen LogP contribution in [0.1, 0.15) is 40.7 Å². The Kier molecular flexibility index (Phi) is 8.29. The molecule has 3 aliphatic rings. The minimum Gasteiger partial charge on any atom is -0.443 e. The third-order valence-corrected chi connectivity index (χ3v) is 10.6. The summed E-state index contributed by atoms with van der Waals surface area (Å²) in [6.07, 6.45) is 3.44. The van der Waals surface area contributed by atoms with Gasteiger partial charge >= 0.3 is 12.2 Å². The first-order valence-electron chi connectivity index (χ1n) is 18.1. The molecular formula is C41H39N7O5. The number of hydrogen-bond acceptors (Lipinski definition) is 7. The summed E-state index contributed by atoms with van der Waals surface area (Å²) in [5.41, 5.74) is 5.71. The van der Waals surface area contributed by atoms with Gasteiger partial charge in [0.25, 0.3) is 5.91 Å². The maximum absolute atomic E-state index is 14.2. The van der Waals surface area contributed by atoms with Gasteiger partial charge < -0.3 is 23.5 Å². The third kappa shape index (κ3) is 6.24. The molecule has 9 rings (SSSR count). The van der Waals surface area contributed by atoms with Crippen molar-refractivity contribution in [3.8, 4) is 11.5 Å². The van der Waals surface area contributed by atoms with Gasteiger partial charge in [-0.1, -0.05) is 60.7 Å². The molecule has 6 aromatic rings. The number of aromatic nitrogens is 4. The van der Waals surface area contributed by atoms with E-state index in [9.17, 15) is 14.4 Å². The van der Waals surface area contributed by atoms with Gasteiger partial charge in [0.1, 0.15) is 18.9 Å². The number of hydrogen-bond donors (Lipinski definition) is 0. The summed E-state index contributed by atoms with van der Waals surface area (Å²) in [5, 5.41) is 3.76. The summed E-state index contributed by atoms with van der Waals surface area (Å²) in [5.74, 6) is 1.26. The number of amides is 3. The van der Waals surface area contributed by atoms with Gasteiger partial charge in [0.2, 0.25) is 0 Å². The van der Waals surface area contributed by atoms with E-state index in [1.165, 1.54) is 22.9 Å². The molecule has 2 atom stereocenters. The highest BCUT2D eigenvalue weighted by atomic mass is 16.6. The fourth-order valence-corrected chi connectivity index (χ4v) is 7.72. The number of piperidine rings is 1. The molecule has 12 heteroatoms. The molecule has 2 saturated heterocycles. The molecule has 53 heavy (non-hydrogen) atoms. The molecule has 2 bridgehead atoms. The zero-order valence-corrected chi connectivity index (χ0v) is 29.4. The molecule has 0 N–H and O–H groups in total. The second kappa shape index (κ2) is 13.4. The molecule has 0 radical (unpaired) electrons. The van der Waals surface area contributed by atoms with Crippen molar-refractivity contribution in [3.05, 3.63) is 120 Å². The number of nitrogens with zero attached hydrogens (tertiary/aromatic N) is 7. The molecule has 2 aliphatic heterocycles. The Balaban J connectivity index is 0.976. The van der Waals surface area contributed by atoms with Crippen LogP contribution in [0.15, 0.2) is 103 Å². The topological polar surface area (TPSA) is 115 Å². The molecule has 1 aliphatic carbocycles. The predicted octanol–water partition coefficient (Wildman–Crippen LogP) is 6.79. The lowest BCUT2D eigenvalue weighted by Gasteiger charge is -2.30. The predicted molar refractivity (Wildman–Crippen MR) is 197 cm³/mol. The Morgan fingerprint density at radius 3 is 2.04 bits per heavy atom. The number of carbonyl (C=O) groups excluding carboxylic acids is 3. The third-order valence-electron chi connectivity index (χ3n) is 10.6. The number of rotatable bonds is 8. The summed E-state index contributed by atoms with van der Waals surface area (Å²) in [6.45, 7) is 1.46. The number of carbonyl (C=O) groups is 3. The molecular weight excluding hydrogens is 670 g/mol. The zero-order chi connectivity index (χ0) is 36.1. The minimum atomic E-state index is -0.663. The van der Waals surface area contributed by atoms with E-state index < -0.39 is 24.3 Å². The van der Waals surface area contributed by atoms with E-state index in [0.717, 1.165) is 45.7 Å². The first-order valence-corrected chi connectivity index (χ1v) is 18.1. The lowest BCUT2D eigenvalue weighted by molar-refractivity contribution is -0.0199. The van der Waals surface area contributed by atoms with Gasteiger partial charge in [-0.15, -0.1) is 0 Å². The van der Waals surface area contributed by atoms with Crippen molar-refractivity contribution in [3.63, 3.8) is 0 Å². The second-order valence-corrected chi connectivity index (χ2v) is 14.2. The van der Waals surface area contributed by atoms with E-state index in [1.807, 2.05) is 98.2 Å². The molecule has 3 fully saturated rings. The standard InChI is InChI=1S/C41H39N7O5/c1-44-35-17-16-31(19-34(35)43-38(44)36-20-30-13-8-18-42-37(30)46(36)22-27-14-15-27)39(49)45-23-32-21-33(24-45)48(41(51)53-26-29-11-6-3-7-12-29)47(32)40(50)52-25-28-9-4-2-5-10-28/h2-13,16-20,27,32-33H,14-15,21-26H2,1H3. The highest BCUT2D eigenvalue weighted by Crippen LogP contribution is 2.37. The number of pyridine rings is 1. The van der Waals surface area contributed by atoms with Crippen molar-refractivity contribution < 1.29 is 23.9 Å². The molecule has 5 heterocycles. The zero-order valence-electron chi connectivity index (χ0n) is 29.4. The first kappa shape index (κ1) is 32.7. The van der Waals surface area contributed by atoms with E-state index in [-0.39, 0.29) is 32.2 Å². The van der Waals surface area contributed by atoms with E-state index in [0.29, 0.717) is 23.4 Å². The highest BCUT2D eigenvalue weighted by molar-refractivity contribution is 5.98. The van der Waals surface area contributed by atoms with Crippen LogP contribution in [-0.4, -0.2) is 77.3 Å². The highest BCUT2D eigenvalue weighted by Gasteiger charge is 2.51. The van der Waals surface area contributed by atoms with Crippen LogP contribution in [0.25, 0.3) is 33.6 Å². The fourth-order valence-electron chi connectivity index (χ4n) is 7.72. The maximum Gasteiger partial charge on any atom is 0.429 e. The second-order valence-electron chi connectivity index (χ2n) is 14.2. The number of hydrazine groups is 1. The molecule has 3 aromatic heterocycles. The SMILES string of the molecule is Cn1c(-c2cc3cccnc3n2CC2CC2)nc2cc(C(=O)N3CC4CC(C3)N(C(=O)OCc3ccccc3)N4C(=O)OCc3ccccc3)ccc21. The van der Waals surface area contributed by atoms with Crippen LogP contribution in [0.3, 0.4) is 0 Å². The average molecular weight is 710 g/mol. The number of fused-ring (bicyclic) bond motifs is 4. The number of likely N-dealkylation sites (tertiary alicyclic amines) is 1. The van der Waals surface area contributed by atoms with Crippen molar-refractivity contribution in [2.24, 2.45) is 13.0 Å². The smallest absolute Gasteiger partial charge is 0.429 e. The number of benzene rings is 3. The van der Waals surface area contributed by atoms with Crippen molar-refractivity contribution in [1.29, 1.82) is 0 Å². The van der Waals surface area contributed by atoms with Gasteiger partial charge in [0.05, 0.1) is 28.8 Å². The van der Waals surface area contributed by atoms with Gasteiger partial charge in [-0.25, -0.2) is 29.6 Å².